The van der Waals surface area contributed by atoms with Crippen LogP contribution in [0.4, 0.5) is 4.79 Å². The summed E-state index contributed by atoms with van der Waals surface area (Å²) < 4.78 is 1.01. The Morgan fingerprint density at radius 3 is 2.48 bits per heavy atom. The van der Waals surface area contributed by atoms with Crippen LogP contribution in [0.1, 0.15) is 46.6 Å². The van der Waals surface area contributed by atoms with E-state index < -0.39 is 0 Å². The monoisotopic (exact) mass is 352 g/mol. The van der Waals surface area contributed by atoms with E-state index in [1.54, 1.807) is 6.20 Å². The number of rotatable bonds is 4. The first kappa shape index (κ1) is 17.8. The van der Waals surface area contributed by atoms with Crippen LogP contribution in [-0.4, -0.2) is 11.6 Å². The highest BCUT2D eigenvalue weighted by atomic mass is 79.9. The van der Waals surface area contributed by atoms with Gasteiger partial charge in [-0.25, -0.2) is 4.79 Å². The highest BCUT2D eigenvalue weighted by molar-refractivity contribution is 9.10. The molecule has 0 radical (unpaired) electrons. The number of nitrogens with one attached hydrogen (secondary N) is 2. The van der Waals surface area contributed by atoms with Gasteiger partial charge in [0.2, 0.25) is 0 Å². The third kappa shape index (κ3) is 7.90. The van der Waals surface area contributed by atoms with E-state index in [0.29, 0.717) is 0 Å². The van der Waals surface area contributed by atoms with Gasteiger partial charge in [-0.1, -0.05) is 48.8 Å². The van der Waals surface area contributed by atoms with E-state index >= 15 is 0 Å². The number of amides is 2. The Labute approximate surface area is 136 Å². The molecule has 0 saturated heterocycles. The van der Waals surface area contributed by atoms with E-state index in [1.807, 2.05) is 44.2 Å². The van der Waals surface area contributed by atoms with Crippen LogP contribution in [0.25, 0.3) is 6.08 Å². The van der Waals surface area contributed by atoms with Crippen LogP contribution in [-0.2, 0) is 0 Å². The van der Waals surface area contributed by atoms with Crippen molar-refractivity contribution in [3.8, 4) is 0 Å². The topological polar surface area (TPSA) is 41.1 Å². The molecule has 0 saturated carbocycles. The van der Waals surface area contributed by atoms with Crippen molar-refractivity contribution >= 4 is 28.0 Å². The molecule has 0 unspecified atom stereocenters. The molecule has 0 atom stereocenters. The molecule has 3 nitrogen and oxygen atoms in total. The van der Waals surface area contributed by atoms with E-state index in [-0.39, 0.29) is 17.0 Å². The standard InChI is InChI=1S/C17H25BrN2O/c1-16(2,3)12-17(4,5)20-15(21)19-10-9-13-7-6-8-14(18)11-13/h6-11H,12H2,1-5H3,(H2,19,20,21)/b10-9+. The summed E-state index contributed by atoms with van der Waals surface area (Å²) in [4.78, 5) is 11.9. The lowest BCUT2D eigenvalue weighted by Crippen LogP contribution is -2.48. The van der Waals surface area contributed by atoms with Crippen LogP contribution in [0.15, 0.2) is 34.9 Å². The zero-order valence-electron chi connectivity index (χ0n) is 13.5. The van der Waals surface area contributed by atoms with Gasteiger partial charge in [0, 0.05) is 16.2 Å². The average Bonchev–Trinajstić information content (AvgIpc) is 2.24. The number of urea groups is 1. The van der Waals surface area contributed by atoms with E-state index in [2.05, 4.69) is 47.3 Å². The summed E-state index contributed by atoms with van der Waals surface area (Å²) in [5.41, 5.74) is 0.952. The van der Waals surface area contributed by atoms with Crippen molar-refractivity contribution in [2.75, 3.05) is 0 Å². The number of hydrogen-bond acceptors (Lipinski definition) is 1. The Balaban J connectivity index is 2.51. The Bertz CT molecular complexity index is 516. The molecule has 1 aromatic rings. The Morgan fingerprint density at radius 2 is 1.90 bits per heavy atom. The molecule has 0 aliphatic heterocycles. The van der Waals surface area contributed by atoms with Crippen molar-refractivity contribution in [2.45, 2.75) is 46.6 Å². The summed E-state index contributed by atoms with van der Waals surface area (Å²) in [5.74, 6) is 0. The van der Waals surface area contributed by atoms with Crippen molar-refractivity contribution in [1.82, 2.24) is 10.6 Å². The van der Waals surface area contributed by atoms with Crippen molar-refractivity contribution in [1.29, 1.82) is 0 Å². The molecule has 2 N–H and O–H groups in total. The first-order valence-corrected chi connectivity index (χ1v) is 7.88. The second-order valence-electron chi connectivity index (χ2n) is 7.11. The molecule has 0 aliphatic carbocycles. The minimum atomic E-state index is -0.244. The minimum absolute atomic E-state index is 0.170. The van der Waals surface area contributed by atoms with E-state index in [4.69, 9.17) is 0 Å². The predicted octanol–water partition coefficient (Wildman–Crippen LogP) is 4.93. The number of benzene rings is 1. The third-order valence-electron chi connectivity index (χ3n) is 2.76. The number of hydrogen-bond donors (Lipinski definition) is 2. The van der Waals surface area contributed by atoms with Crippen LogP contribution in [0, 0.1) is 5.41 Å². The molecular weight excluding hydrogens is 328 g/mol. The average molecular weight is 353 g/mol. The smallest absolute Gasteiger partial charge is 0.319 e. The van der Waals surface area contributed by atoms with Gasteiger partial charge >= 0.3 is 6.03 Å². The lowest BCUT2D eigenvalue weighted by molar-refractivity contribution is 0.213. The van der Waals surface area contributed by atoms with Gasteiger partial charge < -0.3 is 10.6 Å². The zero-order valence-corrected chi connectivity index (χ0v) is 15.0. The Morgan fingerprint density at radius 1 is 1.24 bits per heavy atom. The van der Waals surface area contributed by atoms with Crippen LogP contribution in [0.5, 0.6) is 0 Å². The van der Waals surface area contributed by atoms with Gasteiger partial charge in [0.25, 0.3) is 0 Å². The fourth-order valence-electron chi connectivity index (χ4n) is 2.54. The molecule has 0 spiro atoms. The van der Waals surface area contributed by atoms with E-state index in [0.717, 1.165) is 16.5 Å². The van der Waals surface area contributed by atoms with Crippen LogP contribution in [0.2, 0.25) is 0 Å². The van der Waals surface area contributed by atoms with Crippen molar-refractivity contribution in [3.63, 3.8) is 0 Å². The summed E-state index contributed by atoms with van der Waals surface area (Å²) >= 11 is 3.42. The summed E-state index contributed by atoms with van der Waals surface area (Å²) in [6, 6.07) is 7.70. The fourth-order valence-corrected chi connectivity index (χ4v) is 2.95. The zero-order chi connectivity index (χ0) is 16.1. The molecule has 0 heterocycles. The van der Waals surface area contributed by atoms with Gasteiger partial charge in [-0.05, 0) is 49.5 Å². The third-order valence-corrected chi connectivity index (χ3v) is 3.26. The largest absolute Gasteiger partial charge is 0.333 e. The molecule has 2 amide bonds. The fraction of sp³-hybridized carbons (Fsp3) is 0.471. The molecule has 1 rings (SSSR count). The molecule has 1 aromatic carbocycles. The highest BCUT2D eigenvalue weighted by Crippen LogP contribution is 2.26. The van der Waals surface area contributed by atoms with E-state index in [1.165, 1.54) is 0 Å². The van der Waals surface area contributed by atoms with Gasteiger partial charge in [0.15, 0.2) is 0 Å². The second-order valence-corrected chi connectivity index (χ2v) is 8.02. The summed E-state index contributed by atoms with van der Waals surface area (Å²) in [5, 5.41) is 5.75. The van der Waals surface area contributed by atoms with Crippen LogP contribution >= 0.6 is 15.9 Å². The molecular formula is C17H25BrN2O. The van der Waals surface area contributed by atoms with Crippen LogP contribution in [0.3, 0.4) is 0 Å². The van der Waals surface area contributed by atoms with Gasteiger partial charge in [-0.15, -0.1) is 0 Å². The normalized spacial score (nSPS) is 12.5. The Hall–Kier alpha value is -1.29. The predicted molar refractivity (Wildman–Crippen MR) is 93.0 cm³/mol. The number of halogens is 1. The van der Waals surface area contributed by atoms with Gasteiger partial charge in [-0.2, -0.15) is 0 Å². The lowest BCUT2D eigenvalue weighted by Gasteiger charge is -2.33. The van der Waals surface area contributed by atoms with Gasteiger partial charge in [0.05, 0.1) is 0 Å². The summed E-state index contributed by atoms with van der Waals surface area (Å²) in [7, 11) is 0. The van der Waals surface area contributed by atoms with Crippen molar-refractivity contribution < 1.29 is 4.79 Å². The maximum Gasteiger partial charge on any atom is 0.319 e. The SMILES string of the molecule is CC(C)(C)CC(C)(C)NC(=O)N/C=C/c1cccc(Br)c1. The molecule has 0 aromatic heterocycles. The quantitative estimate of drug-likeness (QED) is 0.791. The lowest BCUT2D eigenvalue weighted by atomic mass is 9.82. The first-order chi connectivity index (χ1) is 9.57. The maximum absolute atomic E-state index is 11.9. The van der Waals surface area contributed by atoms with Crippen LogP contribution < -0.4 is 10.6 Å². The summed E-state index contributed by atoms with van der Waals surface area (Å²) in [6.07, 6.45) is 4.42. The summed E-state index contributed by atoms with van der Waals surface area (Å²) in [6.45, 7) is 10.6. The van der Waals surface area contributed by atoms with Gasteiger partial charge in [-0.3, -0.25) is 0 Å². The van der Waals surface area contributed by atoms with E-state index in [9.17, 15) is 4.79 Å². The molecule has 116 valence electrons. The maximum atomic E-state index is 11.9. The Kier molecular flexibility index (Phi) is 6.02. The van der Waals surface area contributed by atoms with Crippen molar-refractivity contribution in [2.24, 2.45) is 5.41 Å². The first-order valence-electron chi connectivity index (χ1n) is 7.08. The number of carbonyl (C=O) groups excluding carboxylic acids is 1. The minimum Gasteiger partial charge on any atom is -0.333 e. The highest BCUT2D eigenvalue weighted by Gasteiger charge is 2.26. The van der Waals surface area contributed by atoms with Gasteiger partial charge in [0.1, 0.15) is 0 Å². The second kappa shape index (κ2) is 7.12. The molecule has 0 bridgehead atoms. The molecule has 0 aliphatic rings. The molecule has 4 heteroatoms. The molecule has 0 fully saturated rings. The van der Waals surface area contributed by atoms with Crippen molar-refractivity contribution in [3.05, 3.63) is 40.5 Å². The number of carbonyl (C=O) groups is 1. The molecule has 21 heavy (non-hydrogen) atoms.